The highest BCUT2D eigenvalue weighted by Gasteiger charge is 2.39. The van der Waals surface area contributed by atoms with E-state index in [0.717, 1.165) is 0 Å². The first kappa shape index (κ1) is 14.3. The lowest BCUT2D eigenvalue weighted by Crippen LogP contribution is -2.50. The highest BCUT2D eigenvalue weighted by atomic mass is 16.5. The van der Waals surface area contributed by atoms with Crippen LogP contribution in [0.3, 0.4) is 0 Å². The number of aromatic amines is 1. The molecule has 1 aliphatic heterocycles. The molecule has 1 unspecified atom stereocenters. The second-order valence-corrected chi connectivity index (χ2v) is 5.25. The second kappa shape index (κ2) is 5.64. The van der Waals surface area contributed by atoms with Gasteiger partial charge in [-0.3, -0.25) is 14.7 Å². The molecule has 8 nitrogen and oxygen atoms in total. The van der Waals surface area contributed by atoms with E-state index in [0.29, 0.717) is 24.5 Å². The summed E-state index contributed by atoms with van der Waals surface area (Å²) in [5, 5.41) is 18.4. The second-order valence-electron chi connectivity index (χ2n) is 5.25. The predicted octanol–water partition coefficient (Wildman–Crippen LogP) is 1.03. The number of hydrogen-bond donors (Lipinski definition) is 3. The van der Waals surface area contributed by atoms with Crippen molar-refractivity contribution < 1.29 is 23.8 Å². The maximum absolute atomic E-state index is 12.3. The summed E-state index contributed by atoms with van der Waals surface area (Å²) < 4.78 is 10.5. The molecule has 2 aromatic rings. The van der Waals surface area contributed by atoms with Crippen molar-refractivity contribution in [3.63, 3.8) is 0 Å². The molecule has 2 aromatic heterocycles. The fourth-order valence-electron chi connectivity index (χ4n) is 2.48. The fraction of sp³-hybridized carbons (Fsp3) is 0.357. The molecule has 8 heteroatoms. The number of carbonyl (C=O) groups is 2. The zero-order chi connectivity index (χ0) is 15.6. The molecule has 1 saturated heterocycles. The summed E-state index contributed by atoms with van der Waals surface area (Å²) in [6.45, 7) is 0.603. The molecule has 0 aromatic carbocycles. The normalized spacial score (nSPS) is 20.9. The number of carbonyl (C=O) groups excluding carboxylic acids is 1. The molecule has 3 N–H and O–H groups in total. The number of aromatic nitrogens is 2. The molecule has 3 rings (SSSR count). The highest BCUT2D eigenvalue weighted by Crippen LogP contribution is 2.24. The maximum atomic E-state index is 12.3. The van der Waals surface area contributed by atoms with E-state index in [-0.39, 0.29) is 18.7 Å². The zero-order valence-electron chi connectivity index (χ0n) is 11.7. The van der Waals surface area contributed by atoms with Crippen LogP contribution in [0.25, 0.3) is 11.5 Å². The van der Waals surface area contributed by atoms with Gasteiger partial charge in [-0.25, -0.2) is 0 Å². The monoisotopic (exact) mass is 305 g/mol. The summed E-state index contributed by atoms with van der Waals surface area (Å²) in [4.78, 5) is 23.3. The van der Waals surface area contributed by atoms with Gasteiger partial charge in [-0.1, -0.05) is 0 Å². The number of rotatable bonds is 5. The van der Waals surface area contributed by atoms with Gasteiger partial charge in [0, 0.05) is 12.7 Å². The third kappa shape index (κ3) is 2.86. The van der Waals surface area contributed by atoms with Crippen molar-refractivity contribution in [2.45, 2.75) is 18.4 Å². The first-order valence-corrected chi connectivity index (χ1v) is 6.79. The number of carboxylic acids is 1. The van der Waals surface area contributed by atoms with Gasteiger partial charge < -0.3 is 19.6 Å². The molecular formula is C14H15N3O5. The van der Waals surface area contributed by atoms with Gasteiger partial charge in [0.05, 0.1) is 24.8 Å². The van der Waals surface area contributed by atoms with Crippen LogP contribution in [-0.2, 0) is 9.53 Å². The highest BCUT2D eigenvalue weighted by molar-refractivity contribution is 5.94. The summed E-state index contributed by atoms with van der Waals surface area (Å²) in [5.41, 5.74) is -0.139. The van der Waals surface area contributed by atoms with Gasteiger partial charge in [-0.05, 0) is 18.6 Å². The minimum atomic E-state index is -0.982. The number of carboxylic acid groups (broad SMARTS) is 1. The molecule has 1 fully saturated rings. The Kier molecular flexibility index (Phi) is 3.68. The average molecular weight is 305 g/mol. The first-order valence-electron chi connectivity index (χ1n) is 6.79. The summed E-state index contributed by atoms with van der Waals surface area (Å²) in [7, 11) is 0. The molecule has 116 valence electrons. The van der Waals surface area contributed by atoms with Crippen LogP contribution in [0.15, 0.2) is 28.9 Å². The van der Waals surface area contributed by atoms with Gasteiger partial charge in [0.2, 0.25) is 0 Å². The number of ether oxygens (including phenoxy) is 1. The Morgan fingerprint density at radius 2 is 2.36 bits per heavy atom. The van der Waals surface area contributed by atoms with Crippen LogP contribution in [0.5, 0.6) is 0 Å². The Hall–Kier alpha value is -2.61. The van der Waals surface area contributed by atoms with Gasteiger partial charge in [-0.2, -0.15) is 5.10 Å². The molecule has 3 heterocycles. The summed E-state index contributed by atoms with van der Waals surface area (Å²) in [5.74, 6) is -0.860. The Morgan fingerprint density at radius 1 is 1.50 bits per heavy atom. The Balaban J connectivity index is 1.75. The van der Waals surface area contributed by atoms with Gasteiger partial charge in [-0.15, -0.1) is 0 Å². The van der Waals surface area contributed by atoms with Crippen LogP contribution in [0.2, 0.25) is 0 Å². The third-order valence-electron chi connectivity index (χ3n) is 3.57. The first-order chi connectivity index (χ1) is 10.6. The van der Waals surface area contributed by atoms with Gasteiger partial charge in [0.1, 0.15) is 5.69 Å². The minimum Gasteiger partial charge on any atom is -0.481 e. The molecule has 0 saturated carbocycles. The largest absolute Gasteiger partial charge is 0.481 e. The number of nitrogens with one attached hydrogen (secondary N) is 2. The number of amides is 1. The zero-order valence-corrected chi connectivity index (χ0v) is 11.7. The van der Waals surface area contributed by atoms with Crippen molar-refractivity contribution in [1.29, 1.82) is 0 Å². The Bertz CT molecular complexity index is 670. The van der Waals surface area contributed by atoms with Crippen molar-refractivity contribution in [2.24, 2.45) is 0 Å². The summed E-state index contributed by atoms with van der Waals surface area (Å²) >= 11 is 0. The topological polar surface area (TPSA) is 117 Å². The SMILES string of the molecule is O=C(O)CC1(NC(=O)c2cc(-c3ccco3)[nH]n2)CCOC1. The van der Waals surface area contributed by atoms with E-state index in [1.165, 1.54) is 6.26 Å². The lowest BCUT2D eigenvalue weighted by molar-refractivity contribution is -0.138. The summed E-state index contributed by atoms with van der Waals surface area (Å²) in [6.07, 6.45) is 1.79. The van der Waals surface area contributed by atoms with Crippen molar-refractivity contribution in [2.75, 3.05) is 13.2 Å². The van der Waals surface area contributed by atoms with Crippen LogP contribution in [-0.4, -0.2) is 45.9 Å². The average Bonchev–Trinajstić information content (AvgIpc) is 3.19. The number of nitrogens with zero attached hydrogens (tertiary/aromatic N) is 1. The molecule has 0 bridgehead atoms. The van der Waals surface area contributed by atoms with E-state index >= 15 is 0 Å². The molecule has 1 aliphatic rings. The van der Waals surface area contributed by atoms with Crippen LogP contribution in [0, 0.1) is 0 Å². The number of aliphatic carboxylic acids is 1. The smallest absolute Gasteiger partial charge is 0.305 e. The van der Waals surface area contributed by atoms with E-state index in [1.54, 1.807) is 18.2 Å². The predicted molar refractivity (Wildman–Crippen MR) is 74.2 cm³/mol. The van der Waals surface area contributed by atoms with E-state index in [4.69, 9.17) is 14.3 Å². The molecule has 1 atom stereocenters. The summed E-state index contributed by atoms with van der Waals surface area (Å²) in [6, 6.07) is 5.03. The number of hydrogen-bond acceptors (Lipinski definition) is 5. The van der Waals surface area contributed by atoms with Gasteiger partial charge in [0.25, 0.3) is 5.91 Å². The van der Waals surface area contributed by atoms with Crippen molar-refractivity contribution >= 4 is 11.9 Å². The third-order valence-corrected chi connectivity index (χ3v) is 3.57. The molecule has 22 heavy (non-hydrogen) atoms. The van der Waals surface area contributed by atoms with Crippen molar-refractivity contribution in [3.05, 3.63) is 30.2 Å². The molecule has 1 amide bonds. The van der Waals surface area contributed by atoms with Gasteiger partial charge >= 0.3 is 5.97 Å². The standard InChI is InChI=1S/C14H15N3O5/c18-12(19)7-14(3-5-21-8-14)15-13(20)10-6-9(16-17-10)11-2-1-4-22-11/h1-2,4,6H,3,5,7-8H2,(H,15,20)(H,16,17)(H,18,19). The van der Waals surface area contributed by atoms with Crippen LogP contribution >= 0.6 is 0 Å². The van der Waals surface area contributed by atoms with Crippen LogP contribution in [0.1, 0.15) is 23.3 Å². The van der Waals surface area contributed by atoms with E-state index in [2.05, 4.69) is 15.5 Å². The Morgan fingerprint density at radius 3 is 3.00 bits per heavy atom. The Labute approximate surface area is 125 Å². The lowest BCUT2D eigenvalue weighted by atomic mass is 9.94. The van der Waals surface area contributed by atoms with Crippen LogP contribution < -0.4 is 5.32 Å². The number of furan rings is 1. The number of H-pyrrole nitrogens is 1. The molecule has 0 spiro atoms. The quantitative estimate of drug-likeness (QED) is 0.759. The van der Waals surface area contributed by atoms with Crippen LogP contribution in [0.4, 0.5) is 0 Å². The van der Waals surface area contributed by atoms with E-state index in [1.807, 2.05) is 0 Å². The van der Waals surface area contributed by atoms with Gasteiger partial charge in [0.15, 0.2) is 11.5 Å². The fourth-order valence-corrected chi connectivity index (χ4v) is 2.48. The van der Waals surface area contributed by atoms with Crippen molar-refractivity contribution in [1.82, 2.24) is 15.5 Å². The molecule has 0 radical (unpaired) electrons. The maximum Gasteiger partial charge on any atom is 0.305 e. The minimum absolute atomic E-state index is 0.170. The van der Waals surface area contributed by atoms with Crippen molar-refractivity contribution in [3.8, 4) is 11.5 Å². The molecular weight excluding hydrogens is 290 g/mol. The molecule has 0 aliphatic carbocycles. The van der Waals surface area contributed by atoms with E-state index < -0.39 is 17.4 Å². The lowest BCUT2D eigenvalue weighted by Gasteiger charge is -2.26. The van der Waals surface area contributed by atoms with E-state index in [9.17, 15) is 9.59 Å².